The highest BCUT2D eigenvalue weighted by atomic mass is 32.2. The Bertz CT molecular complexity index is 802. The number of carbonyl (C=O) groups excluding carboxylic acids is 1. The van der Waals surface area contributed by atoms with Crippen LogP contribution in [-0.4, -0.2) is 52.3 Å². The molecule has 1 heterocycles. The van der Waals surface area contributed by atoms with Crippen LogP contribution in [0.4, 0.5) is 0 Å². The lowest BCUT2D eigenvalue weighted by atomic mass is 10.2. The van der Waals surface area contributed by atoms with Crippen LogP contribution in [0.1, 0.15) is 27.2 Å². The maximum atomic E-state index is 13.0. The first-order valence-corrected chi connectivity index (χ1v) is 9.99. The zero-order valence-corrected chi connectivity index (χ0v) is 16.8. The van der Waals surface area contributed by atoms with Gasteiger partial charge in [0.05, 0.1) is 16.2 Å². The van der Waals surface area contributed by atoms with Gasteiger partial charge in [0.15, 0.2) is 5.16 Å². The van der Waals surface area contributed by atoms with Crippen LogP contribution >= 0.6 is 11.8 Å². The normalized spacial score (nSPS) is 12.5. The zero-order chi connectivity index (χ0) is 19.1. The van der Waals surface area contributed by atoms with Crippen LogP contribution < -0.4 is 10.9 Å². The van der Waals surface area contributed by atoms with E-state index in [1.54, 1.807) is 11.6 Å². The van der Waals surface area contributed by atoms with Gasteiger partial charge in [0, 0.05) is 13.6 Å². The lowest BCUT2D eigenvalue weighted by Gasteiger charge is -2.19. The number of nitrogens with one attached hydrogen (secondary N) is 1. The van der Waals surface area contributed by atoms with Crippen LogP contribution in [0.15, 0.2) is 34.2 Å². The van der Waals surface area contributed by atoms with E-state index in [4.69, 9.17) is 0 Å². The number of thioether (sulfide) groups is 1. The molecule has 1 amide bonds. The van der Waals surface area contributed by atoms with Gasteiger partial charge >= 0.3 is 0 Å². The Labute approximate surface area is 159 Å². The van der Waals surface area contributed by atoms with Crippen LogP contribution in [0.25, 0.3) is 10.9 Å². The lowest BCUT2D eigenvalue weighted by Crippen LogP contribution is -2.30. The highest BCUT2D eigenvalue weighted by molar-refractivity contribution is 8.00. The van der Waals surface area contributed by atoms with Crippen LogP contribution in [-0.2, 0) is 11.3 Å². The van der Waals surface area contributed by atoms with Gasteiger partial charge in [-0.2, -0.15) is 0 Å². The number of amides is 1. The molecule has 1 aromatic heterocycles. The fraction of sp³-hybridized carbons (Fsp3) is 0.526. The number of benzene rings is 1. The smallest absolute Gasteiger partial charge is 0.262 e. The Hall–Kier alpha value is -1.86. The molecular weight excluding hydrogens is 348 g/mol. The molecule has 26 heavy (non-hydrogen) atoms. The van der Waals surface area contributed by atoms with E-state index in [9.17, 15) is 9.59 Å². The van der Waals surface area contributed by atoms with Crippen LogP contribution in [0.2, 0.25) is 0 Å². The fourth-order valence-electron chi connectivity index (χ4n) is 2.84. The van der Waals surface area contributed by atoms with Gasteiger partial charge < -0.3 is 10.2 Å². The molecule has 0 unspecified atom stereocenters. The summed E-state index contributed by atoms with van der Waals surface area (Å²) in [7, 11) is 1.62. The molecule has 0 saturated heterocycles. The summed E-state index contributed by atoms with van der Waals surface area (Å²) in [5.74, 6) is -0.0768. The Morgan fingerprint density at radius 3 is 2.65 bits per heavy atom. The first kappa shape index (κ1) is 20.5. The Kier molecular flexibility index (Phi) is 7.66. The van der Waals surface area contributed by atoms with Crippen molar-refractivity contribution in [3.63, 3.8) is 0 Å². The second-order valence-corrected chi connectivity index (χ2v) is 7.43. The van der Waals surface area contributed by atoms with Crippen molar-refractivity contribution in [2.45, 2.75) is 44.1 Å². The molecule has 0 radical (unpaired) electrons. The molecule has 0 saturated carbocycles. The minimum absolute atomic E-state index is 0.0400. The second-order valence-electron chi connectivity index (χ2n) is 6.12. The van der Waals surface area contributed by atoms with E-state index in [1.165, 1.54) is 11.8 Å². The topological polar surface area (TPSA) is 67.2 Å². The average molecular weight is 377 g/mol. The summed E-state index contributed by atoms with van der Waals surface area (Å²) in [6.07, 6.45) is 0.865. The number of carbonyl (C=O) groups is 1. The molecule has 142 valence electrons. The van der Waals surface area contributed by atoms with Crippen molar-refractivity contribution >= 4 is 28.6 Å². The molecule has 1 N–H and O–H groups in total. The van der Waals surface area contributed by atoms with Crippen LogP contribution in [0, 0.1) is 0 Å². The number of hydrogen-bond donors (Lipinski definition) is 1. The van der Waals surface area contributed by atoms with Crippen molar-refractivity contribution in [3.05, 3.63) is 34.6 Å². The Morgan fingerprint density at radius 1 is 1.31 bits per heavy atom. The molecule has 1 atom stereocenters. The number of nitrogens with zero attached hydrogens (tertiary/aromatic N) is 3. The van der Waals surface area contributed by atoms with Gasteiger partial charge in [-0.3, -0.25) is 14.2 Å². The fourth-order valence-corrected chi connectivity index (χ4v) is 3.84. The molecule has 7 heteroatoms. The lowest BCUT2D eigenvalue weighted by molar-refractivity contribution is -0.119. The monoisotopic (exact) mass is 376 g/mol. The maximum absolute atomic E-state index is 13.0. The van der Waals surface area contributed by atoms with Gasteiger partial charge in [0.2, 0.25) is 5.91 Å². The first-order chi connectivity index (χ1) is 12.5. The number of para-hydroxylation sites is 1. The van der Waals surface area contributed by atoms with Crippen LogP contribution in [0.3, 0.4) is 0 Å². The van der Waals surface area contributed by atoms with Gasteiger partial charge in [-0.1, -0.05) is 37.7 Å². The predicted molar refractivity (Wildman–Crippen MR) is 108 cm³/mol. The molecule has 6 nitrogen and oxygen atoms in total. The molecule has 0 spiro atoms. The largest absolute Gasteiger partial charge is 0.358 e. The van der Waals surface area contributed by atoms with Gasteiger partial charge in [-0.15, -0.1) is 0 Å². The van der Waals surface area contributed by atoms with Crippen LogP contribution in [0.5, 0.6) is 0 Å². The summed E-state index contributed by atoms with van der Waals surface area (Å²) in [5.41, 5.74) is 0.630. The van der Waals surface area contributed by atoms with E-state index in [2.05, 4.69) is 29.0 Å². The molecule has 0 aliphatic heterocycles. The third-order valence-electron chi connectivity index (χ3n) is 4.47. The highest BCUT2D eigenvalue weighted by Crippen LogP contribution is 2.22. The van der Waals surface area contributed by atoms with E-state index in [0.29, 0.717) is 22.6 Å². The molecule has 1 aromatic carbocycles. The molecule has 0 fully saturated rings. The Balaban J connectivity index is 2.34. The third-order valence-corrected chi connectivity index (χ3v) is 5.57. The summed E-state index contributed by atoms with van der Waals surface area (Å²) < 4.78 is 1.72. The molecule has 0 bridgehead atoms. The molecule has 2 rings (SSSR count). The van der Waals surface area contributed by atoms with E-state index >= 15 is 0 Å². The van der Waals surface area contributed by atoms with Gasteiger partial charge in [-0.25, -0.2) is 4.98 Å². The van der Waals surface area contributed by atoms with Crippen molar-refractivity contribution in [1.29, 1.82) is 0 Å². The molecule has 0 aliphatic rings. The predicted octanol–water partition coefficient (Wildman–Crippen LogP) is 2.35. The summed E-state index contributed by atoms with van der Waals surface area (Å²) in [6, 6.07) is 7.37. The van der Waals surface area contributed by atoms with Gasteiger partial charge in [-0.05, 0) is 45.1 Å². The van der Waals surface area contributed by atoms with Crippen molar-refractivity contribution in [2.24, 2.45) is 0 Å². The third kappa shape index (κ3) is 4.86. The van der Waals surface area contributed by atoms with E-state index in [1.807, 2.05) is 31.2 Å². The minimum atomic E-state index is -0.318. The Morgan fingerprint density at radius 2 is 2.00 bits per heavy atom. The number of rotatable bonds is 9. The molecule has 2 aromatic rings. The number of aromatic nitrogens is 2. The summed E-state index contributed by atoms with van der Waals surface area (Å²) in [6.45, 7) is 9.62. The highest BCUT2D eigenvalue weighted by Gasteiger charge is 2.18. The number of hydrogen-bond acceptors (Lipinski definition) is 5. The van der Waals surface area contributed by atoms with E-state index in [-0.39, 0.29) is 16.7 Å². The molecular formula is C19H28N4O2S. The zero-order valence-electron chi connectivity index (χ0n) is 16.0. The van der Waals surface area contributed by atoms with Gasteiger partial charge in [0.1, 0.15) is 0 Å². The number of fused-ring (bicyclic) bond motifs is 1. The van der Waals surface area contributed by atoms with E-state index in [0.717, 1.165) is 26.1 Å². The second kappa shape index (κ2) is 9.73. The SMILES string of the molecule is CCN(CC)CCCn1c(S[C@@H](C)C(=O)NC)nc2ccccc2c1=O. The average Bonchev–Trinajstić information content (AvgIpc) is 2.66. The van der Waals surface area contributed by atoms with Gasteiger partial charge in [0.25, 0.3) is 5.56 Å². The first-order valence-electron chi connectivity index (χ1n) is 9.12. The summed E-state index contributed by atoms with van der Waals surface area (Å²) in [5, 5.41) is 3.55. The standard InChI is InChI=1S/C19H28N4O2S/c1-5-22(6-2)12-9-13-23-18(25)15-10-7-8-11-16(15)21-19(23)26-14(3)17(24)20-4/h7-8,10-11,14H,5-6,9,12-13H2,1-4H3,(H,20,24)/t14-/m0/s1. The maximum Gasteiger partial charge on any atom is 0.262 e. The van der Waals surface area contributed by atoms with Crippen molar-refractivity contribution in [2.75, 3.05) is 26.7 Å². The summed E-state index contributed by atoms with van der Waals surface area (Å²) in [4.78, 5) is 31.9. The van der Waals surface area contributed by atoms with E-state index < -0.39 is 0 Å². The summed E-state index contributed by atoms with van der Waals surface area (Å²) >= 11 is 1.33. The quantitative estimate of drug-likeness (QED) is 0.537. The van der Waals surface area contributed by atoms with Crippen molar-refractivity contribution in [3.8, 4) is 0 Å². The molecule has 0 aliphatic carbocycles. The van der Waals surface area contributed by atoms with Crippen molar-refractivity contribution < 1.29 is 4.79 Å². The minimum Gasteiger partial charge on any atom is -0.358 e. The van der Waals surface area contributed by atoms with Crippen molar-refractivity contribution in [1.82, 2.24) is 19.8 Å².